The highest BCUT2D eigenvalue weighted by Crippen LogP contribution is 2.37. The lowest BCUT2D eigenvalue weighted by Crippen LogP contribution is -2.04. The van der Waals surface area contributed by atoms with Gasteiger partial charge in [0.1, 0.15) is 4.88 Å². The smallest absolute Gasteiger partial charge is 0.350 e. The van der Waals surface area contributed by atoms with Gasteiger partial charge in [0.2, 0.25) is 5.89 Å². The first-order valence-corrected chi connectivity index (χ1v) is 9.11. The number of aromatic nitrogens is 2. The Morgan fingerprint density at radius 3 is 2.73 bits per heavy atom. The van der Waals surface area contributed by atoms with Crippen LogP contribution in [0.15, 0.2) is 52.9 Å². The SMILES string of the molecule is O=C(OCc1nnc(-c2ccccc2)o1)c1sc2cc(Cl)ccc2c1Cl. The minimum Gasteiger partial charge on any atom is -0.451 e. The summed E-state index contributed by atoms with van der Waals surface area (Å²) in [6, 6.07) is 14.6. The van der Waals surface area contributed by atoms with Crippen molar-refractivity contribution in [2.75, 3.05) is 0 Å². The third kappa shape index (κ3) is 3.31. The van der Waals surface area contributed by atoms with Crippen LogP contribution in [0.2, 0.25) is 10.0 Å². The average Bonchev–Trinajstić information content (AvgIpc) is 3.25. The van der Waals surface area contributed by atoms with E-state index in [-0.39, 0.29) is 12.5 Å². The molecule has 2 aromatic heterocycles. The molecular formula is C18H10Cl2N2O3S. The van der Waals surface area contributed by atoms with Gasteiger partial charge in [-0.3, -0.25) is 0 Å². The molecular weight excluding hydrogens is 395 g/mol. The Bertz CT molecular complexity index is 1090. The van der Waals surface area contributed by atoms with E-state index in [1.54, 1.807) is 18.2 Å². The maximum absolute atomic E-state index is 12.4. The van der Waals surface area contributed by atoms with Gasteiger partial charge in [0, 0.05) is 20.7 Å². The van der Waals surface area contributed by atoms with Crippen LogP contribution >= 0.6 is 34.5 Å². The number of carbonyl (C=O) groups excluding carboxylic acids is 1. The fourth-order valence-corrected chi connectivity index (χ4v) is 4.05. The van der Waals surface area contributed by atoms with Crippen molar-refractivity contribution in [2.24, 2.45) is 0 Å². The zero-order chi connectivity index (χ0) is 18.1. The number of hydrogen-bond donors (Lipinski definition) is 0. The largest absolute Gasteiger partial charge is 0.451 e. The van der Waals surface area contributed by atoms with E-state index >= 15 is 0 Å². The molecule has 2 aromatic carbocycles. The predicted octanol–water partition coefficient (Wildman–Crippen LogP) is 5.62. The highest BCUT2D eigenvalue weighted by atomic mass is 35.5. The van der Waals surface area contributed by atoms with E-state index in [2.05, 4.69) is 10.2 Å². The Labute approximate surface area is 162 Å². The van der Waals surface area contributed by atoms with Crippen molar-refractivity contribution >= 4 is 50.6 Å². The molecule has 0 radical (unpaired) electrons. The molecule has 8 heteroatoms. The molecule has 0 aliphatic rings. The molecule has 4 aromatic rings. The van der Waals surface area contributed by atoms with Crippen molar-refractivity contribution < 1.29 is 13.9 Å². The van der Waals surface area contributed by atoms with E-state index in [4.69, 9.17) is 32.4 Å². The molecule has 0 unspecified atom stereocenters. The first-order valence-electron chi connectivity index (χ1n) is 7.54. The number of benzene rings is 2. The first kappa shape index (κ1) is 17.0. The lowest BCUT2D eigenvalue weighted by Gasteiger charge is -2.00. The summed E-state index contributed by atoms with van der Waals surface area (Å²) in [6.45, 7) is -0.135. The summed E-state index contributed by atoms with van der Waals surface area (Å²) >= 11 is 13.5. The average molecular weight is 405 g/mol. The second kappa shape index (κ2) is 7.07. The van der Waals surface area contributed by atoms with Crippen molar-refractivity contribution in [3.63, 3.8) is 0 Å². The Morgan fingerprint density at radius 2 is 1.92 bits per heavy atom. The quantitative estimate of drug-likeness (QED) is 0.413. The monoisotopic (exact) mass is 404 g/mol. The van der Waals surface area contributed by atoms with Crippen LogP contribution in [0.5, 0.6) is 0 Å². The number of esters is 1. The van der Waals surface area contributed by atoms with Crippen LogP contribution in [0.4, 0.5) is 0 Å². The van der Waals surface area contributed by atoms with Gasteiger partial charge in [-0.1, -0.05) is 47.5 Å². The molecule has 0 saturated carbocycles. The van der Waals surface area contributed by atoms with E-state index in [1.165, 1.54) is 11.3 Å². The summed E-state index contributed by atoms with van der Waals surface area (Å²) in [5, 5.41) is 9.54. The molecule has 26 heavy (non-hydrogen) atoms. The Balaban J connectivity index is 1.49. The number of rotatable bonds is 4. The van der Waals surface area contributed by atoms with E-state index in [0.717, 1.165) is 15.6 Å². The van der Waals surface area contributed by atoms with Gasteiger partial charge in [-0.15, -0.1) is 21.5 Å². The van der Waals surface area contributed by atoms with Crippen LogP contribution in [0, 0.1) is 0 Å². The lowest BCUT2D eigenvalue weighted by atomic mass is 10.2. The second-order valence-corrected chi connectivity index (χ2v) is 7.20. The van der Waals surface area contributed by atoms with Gasteiger partial charge in [0.25, 0.3) is 5.89 Å². The number of nitrogens with zero attached hydrogens (tertiary/aromatic N) is 2. The van der Waals surface area contributed by atoms with Gasteiger partial charge in [0.05, 0.1) is 5.02 Å². The first-order chi connectivity index (χ1) is 12.6. The molecule has 0 aliphatic carbocycles. The minimum absolute atomic E-state index is 0.135. The summed E-state index contributed by atoms with van der Waals surface area (Å²) in [4.78, 5) is 12.7. The van der Waals surface area contributed by atoms with Crippen molar-refractivity contribution in [1.29, 1.82) is 0 Å². The third-order valence-corrected chi connectivity index (χ3v) is 5.46. The normalized spacial score (nSPS) is 11.0. The molecule has 0 amide bonds. The Kier molecular flexibility index (Phi) is 4.63. The van der Waals surface area contributed by atoms with Crippen LogP contribution in [0.3, 0.4) is 0 Å². The number of fused-ring (bicyclic) bond motifs is 1. The number of hydrogen-bond acceptors (Lipinski definition) is 6. The van der Waals surface area contributed by atoms with Crippen LogP contribution in [0.25, 0.3) is 21.5 Å². The molecule has 0 N–H and O–H groups in total. The Hall–Kier alpha value is -2.41. The van der Waals surface area contributed by atoms with E-state index in [9.17, 15) is 4.79 Å². The summed E-state index contributed by atoms with van der Waals surface area (Å²) in [7, 11) is 0. The number of carbonyl (C=O) groups is 1. The van der Waals surface area contributed by atoms with Crippen molar-refractivity contribution in [1.82, 2.24) is 10.2 Å². The van der Waals surface area contributed by atoms with Gasteiger partial charge in [-0.2, -0.15) is 0 Å². The number of halogens is 2. The van der Waals surface area contributed by atoms with Gasteiger partial charge in [-0.25, -0.2) is 4.79 Å². The minimum atomic E-state index is -0.549. The van der Waals surface area contributed by atoms with E-state index in [1.807, 2.05) is 30.3 Å². The molecule has 0 atom stereocenters. The fraction of sp³-hybridized carbons (Fsp3) is 0.0556. The van der Waals surface area contributed by atoms with E-state index in [0.29, 0.717) is 20.8 Å². The summed E-state index contributed by atoms with van der Waals surface area (Å²) in [5.41, 5.74) is 0.794. The third-order valence-electron chi connectivity index (χ3n) is 3.59. The summed E-state index contributed by atoms with van der Waals surface area (Å²) < 4.78 is 11.6. The van der Waals surface area contributed by atoms with Crippen LogP contribution in [-0.2, 0) is 11.3 Å². The predicted molar refractivity (Wildman–Crippen MR) is 101 cm³/mol. The highest BCUT2D eigenvalue weighted by molar-refractivity contribution is 7.21. The molecule has 5 nitrogen and oxygen atoms in total. The fourth-order valence-electron chi connectivity index (χ4n) is 2.37. The van der Waals surface area contributed by atoms with Gasteiger partial charge in [0.15, 0.2) is 6.61 Å². The zero-order valence-electron chi connectivity index (χ0n) is 13.1. The van der Waals surface area contributed by atoms with Gasteiger partial charge < -0.3 is 9.15 Å². The summed E-state index contributed by atoms with van der Waals surface area (Å²) in [6.07, 6.45) is 0. The summed E-state index contributed by atoms with van der Waals surface area (Å²) in [5.74, 6) is 0.0236. The van der Waals surface area contributed by atoms with Gasteiger partial charge in [-0.05, 0) is 24.3 Å². The van der Waals surface area contributed by atoms with Crippen LogP contribution in [-0.4, -0.2) is 16.2 Å². The molecule has 0 fully saturated rings. The molecule has 0 spiro atoms. The van der Waals surface area contributed by atoms with E-state index < -0.39 is 5.97 Å². The standard InChI is InChI=1S/C18H10Cl2N2O3S/c19-11-6-7-12-13(8-11)26-16(15(12)20)18(23)24-9-14-21-22-17(25-14)10-4-2-1-3-5-10/h1-8H,9H2. The van der Waals surface area contributed by atoms with Gasteiger partial charge >= 0.3 is 5.97 Å². The van der Waals surface area contributed by atoms with Crippen molar-refractivity contribution in [2.45, 2.75) is 6.61 Å². The highest BCUT2D eigenvalue weighted by Gasteiger charge is 2.20. The number of ether oxygens (including phenoxy) is 1. The van der Waals surface area contributed by atoms with Crippen LogP contribution in [0.1, 0.15) is 15.6 Å². The van der Waals surface area contributed by atoms with Crippen molar-refractivity contribution in [3.8, 4) is 11.5 Å². The second-order valence-electron chi connectivity index (χ2n) is 5.33. The topological polar surface area (TPSA) is 65.2 Å². The van der Waals surface area contributed by atoms with Crippen molar-refractivity contribution in [3.05, 3.63) is 69.3 Å². The number of thiophene rings is 1. The Morgan fingerprint density at radius 1 is 1.12 bits per heavy atom. The maximum atomic E-state index is 12.4. The molecule has 4 rings (SSSR count). The lowest BCUT2D eigenvalue weighted by molar-refractivity contribution is 0.0445. The molecule has 0 saturated heterocycles. The van der Waals surface area contributed by atoms with Crippen LogP contribution < -0.4 is 0 Å². The molecule has 2 heterocycles. The molecule has 0 aliphatic heterocycles. The maximum Gasteiger partial charge on any atom is 0.350 e. The molecule has 130 valence electrons. The molecule has 0 bridgehead atoms. The zero-order valence-corrected chi connectivity index (χ0v) is 15.4.